The molecule has 3 heterocycles. The van der Waals surface area contributed by atoms with E-state index >= 15 is 0 Å². The van der Waals surface area contributed by atoms with Crippen LogP contribution in [0.2, 0.25) is 0 Å². The predicted octanol–water partition coefficient (Wildman–Crippen LogP) is 1.38. The van der Waals surface area contributed by atoms with Crippen molar-refractivity contribution in [3.8, 4) is 5.88 Å². The summed E-state index contributed by atoms with van der Waals surface area (Å²) in [6.07, 6.45) is 5.63. The zero-order valence-corrected chi connectivity index (χ0v) is 11.5. The molecule has 0 spiro atoms. The topological polar surface area (TPSA) is 76.2 Å². The zero-order chi connectivity index (χ0) is 14.5. The van der Waals surface area contributed by atoms with Gasteiger partial charge in [0.25, 0.3) is 5.91 Å². The summed E-state index contributed by atoms with van der Waals surface area (Å²) in [6.45, 7) is 1.06. The van der Waals surface area contributed by atoms with Gasteiger partial charge in [-0.25, -0.2) is 4.98 Å². The van der Waals surface area contributed by atoms with Gasteiger partial charge in [-0.1, -0.05) is 6.07 Å². The molecule has 2 aromatic heterocycles. The number of aromatic amines is 1. The summed E-state index contributed by atoms with van der Waals surface area (Å²) in [5, 5.41) is 2.95. The fourth-order valence-corrected chi connectivity index (χ4v) is 2.28. The molecule has 1 amide bonds. The number of hydrogen-bond donors (Lipinski definition) is 2. The van der Waals surface area contributed by atoms with Crippen LogP contribution in [0.5, 0.6) is 5.88 Å². The second-order valence-electron chi connectivity index (χ2n) is 4.87. The van der Waals surface area contributed by atoms with E-state index in [0.29, 0.717) is 31.1 Å². The van der Waals surface area contributed by atoms with E-state index < -0.39 is 0 Å². The molecule has 1 aliphatic rings. The maximum absolute atomic E-state index is 12.1. The van der Waals surface area contributed by atoms with Crippen molar-refractivity contribution >= 4 is 5.91 Å². The van der Waals surface area contributed by atoms with E-state index in [1.807, 2.05) is 12.1 Å². The van der Waals surface area contributed by atoms with Crippen molar-refractivity contribution in [1.82, 2.24) is 15.3 Å². The molecule has 0 bridgehead atoms. The molecule has 6 heteroatoms. The third-order valence-electron chi connectivity index (χ3n) is 3.38. The lowest BCUT2D eigenvalue weighted by molar-refractivity contribution is -0.00448. The largest absolute Gasteiger partial charge is 0.472 e. The van der Waals surface area contributed by atoms with Crippen LogP contribution in [-0.2, 0) is 4.74 Å². The number of amides is 1. The number of rotatable bonds is 4. The SMILES string of the molecule is O=C(N[C@@H]1COCC[C@H]1Oc1ccccn1)c1cc[nH]c1. The molecule has 3 rings (SSSR count). The number of hydrogen-bond acceptors (Lipinski definition) is 4. The molecule has 1 aliphatic heterocycles. The fourth-order valence-electron chi connectivity index (χ4n) is 2.28. The molecule has 0 aromatic carbocycles. The molecule has 6 nitrogen and oxygen atoms in total. The first kappa shape index (κ1) is 13.6. The van der Waals surface area contributed by atoms with E-state index in [0.717, 1.165) is 0 Å². The van der Waals surface area contributed by atoms with Crippen LogP contribution in [0.25, 0.3) is 0 Å². The third kappa shape index (κ3) is 3.41. The normalized spacial score (nSPS) is 21.7. The molecule has 21 heavy (non-hydrogen) atoms. The summed E-state index contributed by atoms with van der Waals surface area (Å²) in [5.41, 5.74) is 0.595. The average molecular weight is 287 g/mol. The molecule has 0 aliphatic carbocycles. The van der Waals surface area contributed by atoms with Gasteiger partial charge in [-0.05, 0) is 12.1 Å². The van der Waals surface area contributed by atoms with Gasteiger partial charge < -0.3 is 19.8 Å². The lowest BCUT2D eigenvalue weighted by Gasteiger charge is -2.31. The second kappa shape index (κ2) is 6.41. The van der Waals surface area contributed by atoms with Crippen molar-refractivity contribution in [2.45, 2.75) is 18.6 Å². The minimum atomic E-state index is -0.192. The maximum atomic E-state index is 12.1. The molecule has 1 saturated heterocycles. The number of nitrogens with zero attached hydrogens (tertiary/aromatic N) is 1. The standard InChI is InChI=1S/C15H17N3O3/c19-15(11-4-7-16-9-11)18-12-10-20-8-5-13(12)21-14-3-1-2-6-17-14/h1-4,6-7,9,12-13,16H,5,8,10H2,(H,18,19)/t12-,13-/m1/s1. The molecule has 2 atom stereocenters. The van der Waals surface area contributed by atoms with Gasteiger partial charge in [-0.2, -0.15) is 0 Å². The van der Waals surface area contributed by atoms with Gasteiger partial charge in [0.15, 0.2) is 0 Å². The molecule has 0 radical (unpaired) electrons. The first-order chi connectivity index (χ1) is 10.3. The first-order valence-electron chi connectivity index (χ1n) is 6.92. The van der Waals surface area contributed by atoms with E-state index in [4.69, 9.17) is 9.47 Å². The van der Waals surface area contributed by atoms with E-state index in [1.54, 1.807) is 30.7 Å². The van der Waals surface area contributed by atoms with Crippen molar-refractivity contribution in [3.63, 3.8) is 0 Å². The van der Waals surface area contributed by atoms with Crippen LogP contribution in [0.4, 0.5) is 0 Å². The Morgan fingerprint density at radius 3 is 3.14 bits per heavy atom. The molecular weight excluding hydrogens is 270 g/mol. The maximum Gasteiger partial charge on any atom is 0.253 e. The van der Waals surface area contributed by atoms with E-state index in [9.17, 15) is 4.79 Å². The minimum absolute atomic E-state index is 0.138. The quantitative estimate of drug-likeness (QED) is 0.890. The van der Waals surface area contributed by atoms with Crippen molar-refractivity contribution in [1.29, 1.82) is 0 Å². The first-order valence-corrected chi connectivity index (χ1v) is 6.92. The molecule has 2 aromatic rings. The van der Waals surface area contributed by atoms with E-state index in [2.05, 4.69) is 15.3 Å². The van der Waals surface area contributed by atoms with Crippen LogP contribution in [-0.4, -0.2) is 41.2 Å². The Hall–Kier alpha value is -2.34. The zero-order valence-electron chi connectivity index (χ0n) is 11.5. The van der Waals surface area contributed by atoms with Gasteiger partial charge in [-0.15, -0.1) is 0 Å². The van der Waals surface area contributed by atoms with Gasteiger partial charge in [-0.3, -0.25) is 4.79 Å². The van der Waals surface area contributed by atoms with Gasteiger partial charge in [0.1, 0.15) is 6.10 Å². The molecular formula is C15H17N3O3. The Bertz CT molecular complexity index is 571. The number of nitrogens with one attached hydrogen (secondary N) is 2. The van der Waals surface area contributed by atoms with Crippen LogP contribution in [0.1, 0.15) is 16.8 Å². The fraction of sp³-hybridized carbons (Fsp3) is 0.333. The number of H-pyrrole nitrogens is 1. The summed E-state index contributed by atoms with van der Waals surface area (Å²) in [6, 6.07) is 7.05. The van der Waals surface area contributed by atoms with Crippen molar-refractivity contribution in [3.05, 3.63) is 48.4 Å². The number of aromatic nitrogens is 2. The number of carbonyl (C=O) groups excluding carboxylic acids is 1. The Morgan fingerprint density at radius 1 is 1.43 bits per heavy atom. The minimum Gasteiger partial charge on any atom is -0.472 e. The van der Waals surface area contributed by atoms with Gasteiger partial charge in [0.2, 0.25) is 5.88 Å². The molecule has 2 N–H and O–H groups in total. The predicted molar refractivity (Wildman–Crippen MR) is 76.1 cm³/mol. The molecule has 0 unspecified atom stereocenters. The Balaban J connectivity index is 1.65. The summed E-state index contributed by atoms with van der Waals surface area (Å²) in [5.74, 6) is 0.423. The summed E-state index contributed by atoms with van der Waals surface area (Å²) in [4.78, 5) is 19.1. The Labute approximate surface area is 122 Å². The van der Waals surface area contributed by atoms with Crippen LogP contribution >= 0.6 is 0 Å². The number of ether oxygens (including phenoxy) is 2. The number of carbonyl (C=O) groups is 1. The van der Waals surface area contributed by atoms with E-state index in [1.165, 1.54) is 0 Å². The van der Waals surface area contributed by atoms with Crippen LogP contribution in [0.3, 0.4) is 0 Å². The Morgan fingerprint density at radius 2 is 2.38 bits per heavy atom. The average Bonchev–Trinajstić information content (AvgIpc) is 3.05. The lowest BCUT2D eigenvalue weighted by Crippen LogP contribution is -2.51. The highest BCUT2D eigenvalue weighted by atomic mass is 16.5. The summed E-state index contributed by atoms with van der Waals surface area (Å²) < 4.78 is 11.3. The van der Waals surface area contributed by atoms with E-state index in [-0.39, 0.29) is 18.1 Å². The highest BCUT2D eigenvalue weighted by Crippen LogP contribution is 2.16. The second-order valence-corrected chi connectivity index (χ2v) is 4.87. The lowest BCUT2D eigenvalue weighted by atomic mass is 10.1. The molecule has 110 valence electrons. The van der Waals surface area contributed by atoms with Gasteiger partial charge in [0, 0.05) is 31.1 Å². The highest BCUT2D eigenvalue weighted by molar-refractivity contribution is 5.94. The summed E-state index contributed by atoms with van der Waals surface area (Å²) in [7, 11) is 0. The van der Waals surface area contributed by atoms with Crippen molar-refractivity contribution in [2.75, 3.05) is 13.2 Å². The van der Waals surface area contributed by atoms with Gasteiger partial charge in [0.05, 0.1) is 24.8 Å². The van der Waals surface area contributed by atoms with Crippen LogP contribution in [0.15, 0.2) is 42.9 Å². The van der Waals surface area contributed by atoms with Crippen LogP contribution in [0, 0.1) is 0 Å². The van der Waals surface area contributed by atoms with Crippen molar-refractivity contribution in [2.24, 2.45) is 0 Å². The number of pyridine rings is 1. The third-order valence-corrected chi connectivity index (χ3v) is 3.38. The monoisotopic (exact) mass is 287 g/mol. The van der Waals surface area contributed by atoms with Crippen molar-refractivity contribution < 1.29 is 14.3 Å². The molecule has 1 fully saturated rings. The smallest absolute Gasteiger partial charge is 0.253 e. The Kier molecular flexibility index (Phi) is 4.16. The van der Waals surface area contributed by atoms with Gasteiger partial charge >= 0.3 is 0 Å². The summed E-state index contributed by atoms with van der Waals surface area (Å²) >= 11 is 0. The van der Waals surface area contributed by atoms with Crippen LogP contribution < -0.4 is 10.1 Å². The highest BCUT2D eigenvalue weighted by Gasteiger charge is 2.29. The molecule has 0 saturated carbocycles.